The third-order valence-electron chi connectivity index (χ3n) is 5.67. The lowest BCUT2D eigenvalue weighted by atomic mass is 10.2. The van der Waals surface area contributed by atoms with E-state index in [4.69, 9.17) is 21.1 Å². The molecule has 2 aromatic heterocycles. The van der Waals surface area contributed by atoms with E-state index >= 15 is 0 Å². The molecule has 0 radical (unpaired) electrons. The van der Waals surface area contributed by atoms with Crippen LogP contribution < -0.4 is 15.4 Å². The largest absolute Gasteiger partial charge is 0.487 e. The third kappa shape index (κ3) is 5.94. The Morgan fingerprint density at radius 3 is 2.97 bits per heavy atom. The van der Waals surface area contributed by atoms with E-state index in [1.54, 1.807) is 24.3 Å². The van der Waals surface area contributed by atoms with Crippen LogP contribution in [0, 0.1) is 17.7 Å². The molecule has 5 rings (SSSR count). The molecule has 0 amide bonds. The van der Waals surface area contributed by atoms with Gasteiger partial charge in [-0.3, -0.25) is 0 Å². The maximum atomic E-state index is 13.4. The van der Waals surface area contributed by atoms with Crippen molar-refractivity contribution in [3.8, 4) is 17.6 Å². The van der Waals surface area contributed by atoms with E-state index < -0.39 is 0 Å². The minimum atomic E-state index is -0.300. The predicted octanol–water partition coefficient (Wildman–Crippen LogP) is 5.92. The highest BCUT2D eigenvalue weighted by Gasteiger charge is 2.22. The molecule has 1 fully saturated rings. The number of hydrogen-bond acceptors (Lipinski definition) is 7. The number of rotatable bonds is 7. The number of thiophene rings is 1. The minimum Gasteiger partial charge on any atom is -0.487 e. The van der Waals surface area contributed by atoms with Crippen LogP contribution in [0.2, 0.25) is 5.02 Å². The van der Waals surface area contributed by atoms with E-state index in [1.807, 2.05) is 19.1 Å². The van der Waals surface area contributed by atoms with Gasteiger partial charge in [0.15, 0.2) is 0 Å². The number of anilines is 2. The Labute approximate surface area is 217 Å². The number of ether oxygens (including phenoxy) is 2. The lowest BCUT2D eigenvalue weighted by Gasteiger charge is -2.11. The summed E-state index contributed by atoms with van der Waals surface area (Å²) >= 11 is 7.98. The Morgan fingerprint density at radius 1 is 1.22 bits per heavy atom. The molecule has 0 bridgehead atoms. The molecule has 3 heterocycles. The molecule has 9 heteroatoms. The van der Waals surface area contributed by atoms with E-state index in [-0.39, 0.29) is 24.6 Å². The van der Waals surface area contributed by atoms with Crippen LogP contribution in [0.4, 0.5) is 15.9 Å². The maximum Gasteiger partial charge on any atom is 0.142 e. The van der Waals surface area contributed by atoms with Gasteiger partial charge in [-0.05, 0) is 48.9 Å². The molecule has 184 valence electrons. The fraction of sp³-hybridized carbons (Fsp3) is 0.259. The Hall–Kier alpha value is -3.22. The molecule has 2 aromatic carbocycles. The van der Waals surface area contributed by atoms with Crippen molar-refractivity contribution in [2.75, 3.05) is 18.5 Å². The Bertz CT molecular complexity index is 1430. The molecule has 2 atom stereocenters. The first-order valence-electron chi connectivity index (χ1n) is 11.6. The molecule has 0 saturated carbocycles. The van der Waals surface area contributed by atoms with Crippen molar-refractivity contribution < 1.29 is 13.9 Å². The van der Waals surface area contributed by atoms with Gasteiger partial charge in [0, 0.05) is 25.3 Å². The van der Waals surface area contributed by atoms with Crippen LogP contribution in [0.1, 0.15) is 23.8 Å². The van der Waals surface area contributed by atoms with E-state index in [2.05, 4.69) is 32.4 Å². The lowest BCUT2D eigenvalue weighted by molar-refractivity contribution is 0.0766. The summed E-state index contributed by atoms with van der Waals surface area (Å²) in [6.07, 6.45) is 2.64. The SMILES string of the molecule is CCO[C@H]1CN[C@H](C#Cc2cc3c(Nc4ccc(OCc5cccc(F)c5)c(Cl)c4)ncnc3s2)C1. The quantitative estimate of drug-likeness (QED) is 0.293. The zero-order valence-electron chi connectivity index (χ0n) is 19.6. The van der Waals surface area contributed by atoms with Gasteiger partial charge in [0.2, 0.25) is 0 Å². The zero-order valence-corrected chi connectivity index (χ0v) is 21.1. The van der Waals surface area contributed by atoms with Crippen LogP contribution in [0.25, 0.3) is 10.2 Å². The maximum absolute atomic E-state index is 13.4. The molecule has 6 nitrogen and oxygen atoms in total. The molecule has 4 aromatic rings. The Balaban J connectivity index is 1.27. The monoisotopic (exact) mass is 522 g/mol. The van der Waals surface area contributed by atoms with Gasteiger partial charge in [0.1, 0.15) is 35.1 Å². The minimum absolute atomic E-state index is 0.124. The summed E-state index contributed by atoms with van der Waals surface area (Å²) in [5.41, 5.74) is 1.49. The van der Waals surface area contributed by atoms with Crippen LogP contribution in [-0.2, 0) is 11.3 Å². The standard InChI is InChI=1S/C27H24ClFN4O2S/c1-2-34-21-11-19(30-14-21)6-8-22-13-23-26(31-16-32-27(23)36-22)33-20-7-9-25(24(28)12-20)35-15-17-4-3-5-18(29)10-17/h3-5,7,9-10,12-13,16,19,21,30H,2,11,14-15H2,1H3,(H,31,32,33)/t19-,21-/m1/s1. The number of hydrogen-bond donors (Lipinski definition) is 2. The number of benzene rings is 2. The summed E-state index contributed by atoms with van der Waals surface area (Å²) in [6.45, 7) is 3.77. The second-order valence-electron chi connectivity index (χ2n) is 8.28. The van der Waals surface area contributed by atoms with E-state index in [0.29, 0.717) is 23.2 Å². The summed E-state index contributed by atoms with van der Waals surface area (Å²) in [6, 6.07) is 13.8. The smallest absolute Gasteiger partial charge is 0.142 e. The molecular weight excluding hydrogens is 499 g/mol. The highest BCUT2D eigenvalue weighted by molar-refractivity contribution is 7.19. The fourth-order valence-corrected chi connectivity index (χ4v) is 5.07. The van der Waals surface area contributed by atoms with Crippen molar-refractivity contribution in [1.82, 2.24) is 15.3 Å². The summed E-state index contributed by atoms with van der Waals surface area (Å²) < 4.78 is 24.8. The first-order valence-corrected chi connectivity index (χ1v) is 12.8. The average Bonchev–Trinajstić information content (AvgIpc) is 3.50. The number of nitrogens with one attached hydrogen (secondary N) is 2. The molecule has 36 heavy (non-hydrogen) atoms. The van der Waals surface area contributed by atoms with Crippen molar-refractivity contribution in [2.45, 2.75) is 32.1 Å². The summed E-state index contributed by atoms with van der Waals surface area (Å²) in [7, 11) is 0. The van der Waals surface area contributed by atoms with E-state index in [1.165, 1.54) is 29.8 Å². The van der Waals surface area contributed by atoms with E-state index in [9.17, 15) is 4.39 Å². The van der Waals surface area contributed by atoms with Crippen molar-refractivity contribution >= 4 is 44.7 Å². The van der Waals surface area contributed by atoms with Gasteiger partial charge < -0.3 is 20.1 Å². The number of nitrogens with zero attached hydrogens (tertiary/aromatic N) is 2. The third-order valence-corrected chi connectivity index (χ3v) is 6.92. The first-order chi connectivity index (χ1) is 17.6. The van der Waals surface area contributed by atoms with Crippen molar-refractivity contribution in [3.05, 3.63) is 76.1 Å². The molecule has 0 unspecified atom stereocenters. The summed E-state index contributed by atoms with van der Waals surface area (Å²) in [4.78, 5) is 10.6. The van der Waals surface area contributed by atoms with Crippen LogP contribution in [0.15, 0.2) is 54.9 Å². The Kier molecular flexibility index (Phi) is 7.63. The normalized spacial score (nSPS) is 17.1. The molecule has 0 spiro atoms. The molecule has 2 N–H and O–H groups in total. The van der Waals surface area contributed by atoms with Crippen molar-refractivity contribution in [1.29, 1.82) is 0 Å². The lowest BCUT2D eigenvalue weighted by Crippen LogP contribution is -2.20. The van der Waals surface area contributed by atoms with Gasteiger partial charge in [0.25, 0.3) is 0 Å². The van der Waals surface area contributed by atoms with Crippen molar-refractivity contribution in [3.63, 3.8) is 0 Å². The van der Waals surface area contributed by atoms with Gasteiger partial charge >= 0.3 is 0 Å². The number of halogens is 2. The number of fused-ring (bicyclic) bond motifs is 1. The van der Waals surface area contributed by atoms with Crippen LogP contribution in [0.3, 0.4) is 0 Å². The van der Waals surface area contributed by atoms with Gasteiger partial charge in [-0.1, -0.05) is 35.6 Å². The summed E-state index contributed by atoms with van der Waals surface area (Å²) in [5, 5.41) is 8.04. The molecule has 0 aliphatic carbocycles. The fourth-order valence-electron chi connectivity index (χ4n) is 3.97. The van der Waals surface area contributed by atoms with Gasteiger partial charge in [-0.15, -0.1) is 11.3 Å². The topological polar surface area (TPSA) is 68.3 Å². The molecule has 1 aliphatic rings. The van der Waals surface area contributed by atoms with Gasteiger partial charge in [-0.2, -0.15) is 0 Å². The highest BCUT2D eigenvalue weighted by Crippen LogP contribution is 2.33. The van der Waals surface area contributed by atoms with E-state index in [0.717, 1.165) is 39.3 Å². The molecule has 1 aliphatic heterocycles. The highest BCUT2D eigenvalue weighted by atomic mass is 35.5. The predicted molar refractivity (Wildman–Crippen MR) is 142 cm³/mol. The number of aromatic nitrogens is 2. The average molecular weight is 523 g/mol. The second-order valence-corrected chi connectivity index (χ2v) is 9.72. The Morgan fingerprint density at radius 2 is 2.14 bits per heavy atom. The van der Waals surface area contributed by atoms with Crippen LogP contribution >= 0.6 is 22.9 Å². The summed E-state index contributed by atoms with van der Waals surface area (Å²) in [5.74, 6) is 7.46. The van der Waals surface area contributed by atoms with Gasteiger partial charge in [-0.25, -0.2) is 14.4 Å². The molecular formula is C27H24ClFN4O2S. The first kappa shape index (κ1) is 24.5. The molecule has 1 saturated heterocycles. The van der Waals surface area contributed by atoms with Crippen LogP contribution in [0.5, 0.6) is 5.75 Å². The zero-order chi connectivity index (χ0) is 24.9. The van der Waals surface area contributed by atoms with Crippen LogP contribution in [-0.4, -0.2) is 35.3 Å². The second kappa shape index (κ2) is 11.2. The van der Waals surface area contributed by atoms with Crippen molar-refractivity contribution in [2.24, 2.45) is 0 Å². The van der Waals surface area contributed by atoms with Gasteiger partial charge in [0.05, 0.1) is 27.4 Å².